The summed E-state index contributed by atoms with van der Waals surface area (Å²) in [5.41, 5.74) is 0.675. The Kier molecular flexibility index (Phi) is 2.40. The van der Waals surface area contributed by atoms with E-state index in [0.29, 0.717) is 5.69 Å². The highest BCUT2D eigenvalue weighted by atomic mass is 79.9. The first-order chi connectivity index (χ1) is 6.27. The highest BCUT2D eigenvalue weighted by molar-refractivity contribution is 9.10. The van der Waals surface area contributed by atoms with Crippen LogP contribution in [0.4, 0.5) is 0 Å². The Morgan fingerprint density at radius 3 is 2.69 bits per heavy atom. The molecule has 0 unspecified atom stereocenters. The summed E-state index contributed by atoms with van der Waals surface area (Å²) in [4.78, 5) is 16.6. The second-order valence-electron chi connectivity index (χ2n) is 3.23. The molecule has 13 heavy (non-hydrogen) atoms. The van der Waals surface area contributed by atoms with Crippen LogP contribution in [-0.2, 0) is 0 Å². The van der Waals surface area contributed by atoms with Crippen molar-refractivity contribution in [1.82, 2.24) is 9.88 Å². The van der Waals surface area contributed by atoms with Crippen molar-refractivity contribution in [3.05, 3.63) is 22.4 Å². The number of aromatic amines is 1. The molecule has 1 aliphatic heterocycles. The van der Waals surface area contributed by atoms with E-state index in [1.54, 1.807) is 6.20 Å². The third-order valence-electron chi connectivity index (χ3n) is 2.27. The van der Waals surface area contributed by atoms with E-state index in [9.17, 15) is 4.79 Å². The van der Waals surface area contributed by atoms with Gasteiger partial charge in [-0.25, -0.2) is 0 Å². The molecule has 1 fully saturated rings. The number of amides is 1. The van der Waals surface area contributed by atoms with Crippen molar-refractivity contribution in [1.29, 1.82) is 0 Å². The van der Waals surface area contributed by atoms with Gasteiger partial charge < -0.3 is 9.88 Å². The molecule has 1 N–H and O–H groups in total. The van der Waals surface area contributed by atoms with Crippen LogP contribution in [0.25, 0.3) is 0 Å². The van der Waals surface area contributed by atoms with E-state index in [4.69, 9.17) is 0 Å². The molecule has 1 aromatic heterocycles. The SMILES string of the molecule is O=C(c1cc(Br)c[nH]1)N1CCCC1. The molecule has 0 saturated carbocycles. The number of likely N-dealkylation sites (tertiary alicyclic amines) is 1. The number of nitrogens with zero attached hydrogens (tertiary/aromatic N) is 1. The standard InChI is InChI=1S/C9H11BrN2O/c10-7-5-8(11-6-7)9(13)12-3-1-2-4-12/h5-6,11H,1-4H2. The summed E-state index contributed by atoms with van der Waals surface area (Å²) in [6.45, 7) is 1.80. The van der Waals surface area contributed by atoms with Crippen LogP contribution >= 0.6 is 15.9 Å². The van der Waals surface area contributed by atoms with E-state index in [0.717, 1.165) is 30.4 Å². The first-order valence-electron chi connectivity index (χ1n) is 4.40. The lowest BCUT2D eigenvalue weighted by Crippen LogP contribution is -2.27. The maximum atomic E-state index is 11.7. The Morgan fingerprint density at radius 2 is 2.15 bits per heavy atom. The fourth-order valence-corrected chi connectivity index (χ4v) is 1.93. The van der Waals surface area contributed by atoms with Crippen molar-refractivity contribution in [2.45, 2.75) is 12.8 Å². The summed E-state index contributed by atoms with van der Waals surface area (Å²) in [7, 11) is 0. The second kappa shape index (κ2) is 3.54. The van der Waals surface area contributed by atoms with Crippen molar-refractivity contribution in [2.75, 3.05) is 13.1 Å². The molecular formula is C9H11BrN2O. The number of hydrogen-bond donors (Lipinski definition) is 1. The highest BCUT2D eigenvalue weighted by Gasteiger charge is 2.20. The molecule has 1 aromatic rings. The van der Waals surface area contributed by atoms with E-state index < -0.39 is 0 Å². The molecule has 4 heteroatoms. The number of hydrogen-bond acceptors (Lipinski definition) is 1. The summed E-state index contributed by atoms with van der Waals surface area (Å²) < 4.78 is 0.926. The first kappa shape index (κ1) is 8.81. The highest BCUT2D eigenvalue weighted by Crippen LogP contribution is 2.15. The van der Waals surface area contributed by atoms with Gasteiger partial charge in [-0.1, -0.05) is 0 Å². The molecule has 3 nitrogen and oxygen atoms in total. The number of carbonyl (C=O) groups excluding carboxylic acids is 1. The van der Waals surface area contributed by atoms with Crippen molar-refractivity contribution >= 4 is 21.8 Å². The van der Waals surface area contributed by atoms with Crippen molar-refractivity contribution in [3.8, 4) is 0 Å². The van der Waals surface area contributed by atoms with Crippen molar-refractivity contribution in [2.24, 2.45) is 0 Å². The molecule has 0 spiro atoms. The van der Waals surface area contributed by atoms with Crippen LogP contribution in [0, 0.1) is 0 Å². The van der Waals surface area contributed by atoms with Crippen LogP contribution in [0.5, 0.6) is 0 Å². The molecule has 0 radical (unpaired) electrons. The zero-order chi connectivity index (χ0) is 9.26. The number of carbonyl (C=O) groups is 1. The van der Waals surface area contributed by atoms with Gasteiger partial charge in [0.2, 0.25) is 0 Å². The maximum Gasteiger partial charge on any atom is 0.270 e. The average Bonchev–Trinajstić information content (AvgIpc) is 2.72. The van der Waals surface area contributed by atoms with Gasteiger partial charge in [-0.15, -0.1) is 0 Å². The second-order valence-corrected chi connectivity index (χ2v) is 4.15. The van der Waals surface area contributed by atoms with E-state index in [1.165, 1.54) is 0 Å². The van der Waals surface area contributed by atoms with Gasteiger partial charge in [0.25, 0.3) is 5.91 Å². The lowest BCUT2D eigenvalue weighted by atomic mass is 10.4. The van der Waals surface area contributed by atoms with Crippen LogP contribution < -0.4 is 0 Å². The Hall–Kier alpha value is -0.770. The largest absolute Gasteiger partial charge is 0.356 e. The molecule has 1 aliphatic rings. The fourth-order valence-electron chi connectivity index (χ4n) is 1.58. The van der Waals surface area contributed by atoms with Gasteiger partial charge in [0, 0.05) is 23.8 Å². The molecule has 0 aromatic carbocycles. The molecule has 0 aliphatic carbocycles. The number of aromatic nitrogens is 1. The molecule has 0 bridgehead atoms. The lowest BCUT2D eigenvalue weighted by molar-refractivity contribution is 0.0787. The minimum atomic E-state index is 0.114. The van der Waals surface area contributed by atoms with Gasteiger partial charge in [0.05, 0.1) is 0 Å². The van der Waals surface area contributed by atoms with E-state index in [2.05, 4.69) is 20.9 Å². The van der Waals surface area contributed by atoms with Crippen LogP contribution in [0.1, 0.15) is 23.3 Å². The molecule has 1 amide bonds. The average molecular weight is 243 g/mol. The summed E-state index contributed by atoms with van der Waals surface area (Å²) in [6, 6.07) is 1.82. The summed E-state index contributed by atoms with van der Waals surface area (Å²) >= 11 is 3.31. The van der Waals surface area contributed by atoms with Gasteiger partial charge in [-0.3, -0.25) is 4.79 Å². The molecule has 2 heterocycles. The normalized spacial score (nSPS) is 16.5. The topological polar surface area (TPSA) is 36.1 Å². The molecular weight excluding hydrogens is 232 g/mol. The number of halogens is 1. The van der Waals surface area contributed by atoms with Crippen LogP contribution in [-0.4, -0.2) is 28.9 Å². The van der Waals surface area contributed by atoms with Crippen molar-refractivity contribution < 1.29 is 4.79 Å². The zero-order valence-electron chi connectivity index (χ0n) is 7.22. The van der Waals surface area contributed by atoms with Gasteiger partial charge in [0.1, 0.15) is 5.69 Å². The third kappa shape index (κ3) is 1.77. The smallest absolute Gasteiger partial charge is 0.270 e. The Balaban J connectivity index is 2.12. The minimum Gasteiger partial charge on any atom is -0.356 e. The lowest BCUT2D eigenvalue weighted by Gasteiger charge is -2.13. The van der Waals surface area contributed by atoms with Gasteiger partial charge in [-0.05, 0) is 34.8 Å². The predicted octanol–water partition coefficient (Wildman–Crippen LogP) is 2.01. The first-order valence-corrected chi connectivity index (χ1v) is 5.20. The van der Waals surface area contributed by atoms with Crippen molar-refractivity contribution in [3.63, 3.8) is 0 Å². The zero-order valence-corrected chi connectivity index (χ0v) is 8.80. The summed E-state index contributed by atoms with van der Waals surface area (Å²) in [5, 5.41) is 0. The third-order valence-corrected chi connectivity index (χ3v) is 2.73. The van der Waals surface area contributed by atoms with E-state index in [1.807, 2.05) is 11.0 Å². The van der Waals surface area contributed by atoms with Gasteiger partial charge in [-0.2, -0.15) is 0 Å². The Bertz CT molecular complexity index is 315. The Labute approximate surface area is 85.2 Å². The monoisotopic (exact) mass is 242 g/mol. The van der Waals surface area contributed by atoms with Crippen LogP contribution in [0.3, 0.4) is 0 Å². The van der Waals surface area contributed by atoms with E-state index in [-0.39, 0.29) is 5.91 Å². The molecule has 70 valence electrons. The summed E-state index contributed by atoms with van der Waals surface area (Å²) in [6.07, 6.45) is 4.05. The van der Waals surface area contributed by atoms with Crippen LogP contribution in [0.15, 0.2) is 16.7 Å². The fraction of sp³-hybridized carbons (Fsp3) is 0.444. The van der Waals surface area contributed by atoms with Gasteiger partial charge in [0.15, 0.2) is 0 Å². The maximum absolute atomic E-state index is 11.7. The number of nitrogens with one attached hydrogen (secondary N) is 1. The Morgan fingerprint density at radius 1 is 1.46 bits per heavy atom. The number of rotatable bonds is 1. The molecule has 0 atom stereocenters. The van der Waals surface area contributed by atoms with Gasteiger partial charge >= 0.3 is 0 Å². The molecule has 2 rings (SSSR count). The minimum absolute atomic E-state index is 0.114. The number of H-pyrrole nitrogens is 1. The molecule has 1 saturated heterocycles. The van der Waals surface area contributed by atoms with Crippen LogP contribution in [0.2, 0.25) is 0 Å². The van der Waals surface area contributed by atoms with E-state index >= 15 is 0 Å². The predicted molar refractivity (Wildman–Crippen MR) is 53.6 cm³/mol. The quantitative estimate of drug-likeness (QED) is 0.804. The summed E-state index contributed by atoms with van der Waals surface area (Å²) in [5.74, 6) is 0.114.